The first-order valence-corrected chi connectivity index (χ1v) is 18.9. The fraction of sp³-hybridized carbons (Fsp3) is 0.675. The second-order valence-electron chi connectivity index (χ2n) is 14.9. The fourth-order valence-corrected chi connectivity index (χ4v) is 8.86. The number of unbranched alkanes of at least 4 members (excludes halogenated alkanes) is 11. The molecule has 0 radical (unpaired) electrons. The normalized spacial score (nSPS) is 25.8. The predicted molar refractivity (Wildman–Crippen MR) is 188 cm³/mol. The summed E-state index contributed by atoms with van der Waals surface area (Å²) in [6.45, 7) is 2.93. The molecule has 9 heteroatoms. The Morgan fingerprint density at radius 3 is 2.37 bits per heavy atom. The first-order chi connectivity index (χ1) is 23.6. The number of carbonyl (C=O) groups is 3. The number of hydrogen-bond donors (Lipinski definition) is 3. The first-order valence-electron chi connectivity index (χ1n) is 18.9. The third kappa shape index (κ3) is 7.93. The molecule has 270 valence electrons. The van der Waals surface area contributed by atoms with Gasteiger partial charge in [-0.15, -0.1) is 0 Å². The molecule has 9 nitrogen and oxygen atoms in total. The van der Waals surface area contributed by atoms with E-state index in [9.17, 15) is 29.7 Å². The third-order valence-corrected chi connectivity index (χ3v) is 11.5. The van der Waals surface area contributed by atoms with Crippen LogP contribution in [0.5, 0.6) is 11.5 Å². The van der Waals surface area contributed by atoms with E-state index in [0.29, 0.717) is 38.0 Å². The summed E-state index contributed by atoms with van der Waals surface area (Å²) in [5, 5.41) is 32.6. The maximum atomic E-state index is 13.5. The van der Waals surface area contributed by atoms with Crippen LogP contribution in [-0.2, 0) is 31.0 Å². The van der Waals surface area contributed by atoms with E-state index >= 15 is 0 Å². The molecule has 49 heavy (non-hydrogen) atoms. The average Bonchev–Trinajstić information content (AvgIpc) is 3.43. The van der Waals surface area contributed by atoms with E-state index in [1.165, 1.54) is 44.9 Å². The standard InChI is InChI=1S/C40H57NO8/c1-3-4-5-6-7-8-9-10-11-12-13-14-15-16-17-18-30(42)25-29(27-34(44)45)38(46)48-32-21-22-40(47)33-26-28-19-20-31(43)36-35(28)39(40,37(32)49-36)23-24-41(33)2/h10-11,19-21,29,33,37,43,47H,3-9,12-18,22-27H2,1-2H3,(H,44,45)/b11-10+/t29-,33+,37?,39?,40+/m0/s1. The van der Waals surface area contributed by atoms with Crippen LogP contribution >= 0.6 is 0 Å². The van der Waals surface area contributed by atoms with Crippen molar-refractivity contribution in [1.29, 1.82) is 0 Å². The van der Waals surface area contributed by atoms with Gasteiger partial charge in [0, 0.05) is 30.9 Å². The van der Waals surface area contributed by atoms with Gasteiger partial charge in [0.2, 0.25) is 0 Å². The van der Waals surface area contributed by atoms with Crippen molar-refractivity contribution >= 4 is 17.7 Å². The van der Waals surface area contributed by atoms with Crippen molar-refractivity contribution in [2.45, 2.75) is 152 Å². The van der Waals surface area contributed by atoms with Gasteiger partial charge in [-0.1, -0.05) is 76.5 Å². The molecule has 5 atom stereocenters. The summed E-state index contributed by atoms with van der Waals surface area (Å²) in [5.74, 6) is -2.74. The Morgan fingerprint density at radius 2 is 1.67 bits per heavy atom. The molecule has 2 aliphatic carbocycles. The molecule has 2 heterocycles. The van der Waals surface area contributed by atoms with Gasteiger partial charge in [0.1, 0.15) is 11.5 Å². The number of carboxylic acids is 1. The average molecular weight is 680 g/mol. The summed E-state index contributed by atoms with van der Waals surface area (Å²) < 4.78 is 12.3. The van der Waals surface area contributed by atoms with Crippen molar-refractivity contribution in [2.24, 2.45) is 5.92 Å². The lowest BCUT2D eigenvalue weighted by molar-refractivity contribution is -0.171. The van der Waals surface area contributed by atoms with Gasteiger partial charge in [-0.25, -0.2) is 0 Å². The zero-order chi connectivity index (χ0) is 35.0. The number of Topliss-reactive ketones (excluding diaryl/α,β-unsaturated/α-hetero) is 1. The fourth-order valence-electron chi connectivity index (χ4n) is 8.86. The number of likely N-dealkylation sites (tertiary alicyclic amines) is 1. The Hall–Kier alpha value is -3.17. The molecule has 3 N–H and O–H groups in total. The number of aliphatic carboxylic acids is 1. The highest BCUT2D eigenvalue weighted by Gasteiger charge is 2.72. The minimum atomic E-state index is -1.20. The Bertz CT molecular complexity index is 1400. The van der Waals surface area contributed by atoms with E-state index in [1.807, 2.05) is 13.1 Å². The number of allylic oxidation sites excluding steroid dienone is 2. The van der Waals surface area contributed by atoms with E-state index in [0.717, 1.165) is 43.2 Å². The zero-order valence-corrected chi connectivity index (χ0v) is 29.6. The van der Waals surface area contributed by atoms with E-state index in [2.05, 4.69) is 24.0 Å². The maximum Gasteiger partial charge on any atom is 0.315 e. The first kappa shape index (κ1) is 37.1. The van der Waals surface area contributed by atoms with E-state index in [1.54, 1.807) is 12.1 Å². The molecular weight excluding hydrogens is 622 g/mol. The Labute approximate surface area is 291 Å². The van der Waals surface area contributed by atoms with Crippen LogP contribution in [0.1, 0.15) is 134 Å². The van der Waals surface area contributed by atoms with Crippen molar-refractivity contribution in [2.75, 3.05) is 13.6 Å². The molecule has 1 fully saturated rings. The van der Waals surface area contributed by atoms with Crippen LogP contribution in [0, 0.1) is 5.92 Å². The summed E-state index contributed by atoms with van der Waals surface area (Å²) in [5.41, 5.74) is -0.345. The quantitative estimate of drug-likeness (QED) is 0.0695. The van der Waals surface area contributed by atoms with Crippen molar-refractivity contribution in [3.8, 4) is 11.5 Å². The number of phenols is 1. The SMILES string of the molecule is CCCCCCCC/C=C/CCCCCCCC(=O)C[C@@H](CC(=O)O)C(=O)OC1=CC[C@@]2(O)[C@H]3Cc4ccc(O)c5c4C2(CCN3C)C1O5. The molecule has 2 bridgehead atoms. The van der Waals surface area contributed by atoms with Crippen molar-refractivity contribution in [1.82, 2.24) is 4.90 Å². The van der Waals surface area contributed by atoms with Gasteiger partial charge >= 0.3 is 11.9 Å². The van der Waals surface area contributed by atoms with Gasteiger partial charge in [0.05, 0.1) is 23.4 Å². The molecule has 1 aromatic rings. The summed E-state index contributed by atoms with van der Waals surface area (Å²) in [7, 11) is 2.00. The minimum absolute atomic E-state index is 0.0297. The molecule has 1 saturated heterocycles. The molecule has 1 aromatic carbocycles. The van der Waals surface area contributed by atoms with Crippen LogP contribution in [0.25, 0.3) is 0 Å². The summed E-state index contributed by atoms with van der Waals surface area (Å²) in [6, 6.07) is 3.29. The number of hydrogen-bond acceptors (Lipinski definition) is 8. The second kappa shape index (κ2) is 16.7. The highest BCUT2D eigenvalue weighted by Crippen LogP contribution is 2.65. The zero-order valence-electron chi connectivity index (χ0n) is 29.6. The molecule has 0 amide bonds. The van der Waals surface area contributed by atoms with Gasteiger partial charge in [-0.3, -0.25) is 14.4 Å². The minimum Gasteiger partial charge on any atom is -0.504 e. The smallest absolute Gasteiger partial charge is 0.315 e. The number of rotatable bonds is 21. The molecule has 2 aliphatic heterocycles. The van der Waals surface area contributed by atoms with Gasteiger partial charge < -0.3 is 29.7 Å². The number of esters is 1. The number of aromatic hydroxyl groups is 1. The van der Waals surface area contributed by atoms with Crippen molar-refractivity contribution in [3.05, 3.63) is 47.2 Å². The molecule has 1 spiro atoms. The highest BCUT2D eigenvalue weighted by atomic mass is 16.6. The summed E-state index contributed by atoms with van der Waals surface area (Å²) >= 11 is 0. The van der Waals surface area contributed by atoms with E-state index in [-0.39, 0.29) is 36.2 Å². The van der Waals surface area contributed by atoms with Crippen LogP contribution in [0.2, 0.25) is 0 Å². The second-order valence-corrected chi connectivity index (χ2v) is 14.9. The third-order valence-electron chi connectivity index (χ3n) is 11.5. The number of ether oxygens (including phenoxy) is 2. The van der Waals surface area contributed by atoms with Crippen LogP contribution in [0.15, 0.2) is 36.1 Å². The molecule has 0 saturated carbocycles. The molecule has 4 aliphatic rings. The van der Waals surface area contributed by atoms with Gasteiger partial charge in [0.15, 0.2) is 17.6 Å². The van der Waals surface area contributed by atoms with Crippen LogP contribution in [0.4, 0.5) is 0 Å². The van der Waals surface area contributed by atoms with Crippen molar-refractivity contribution in [3.63, 3.8) is 0 Å². The predicted octanol–water partition coefficient (Wildman–Crippen LogP) is 7.30. The number of likely N-dealkylation sites (N-methyl/N-ethyl adjacent to an activating group) is 1. The molecule has 0 aromatic heterocycles. The molecule has 2 unspecified atom stereocenters. The lowest BCUT2D eigenvalue weighted by atomic mass is 9.50. The number of carboxylic acid groups (broad SMARTS) is 1. The van der Waals surface area contributed by atoms with Gasteiger partial charge in [-0.2, -0.15) is 0 Å². The van der Waals surface area contributed by atoms with E-state index < -0.39 is 41.4 Å². The molecular formula is C40H57NO8. The van der Waals surface area contributed by atoms with Crippen LogP contribution in [0.3, 0.4) is 0 Å². The maximum absolute atomic E-state index is 13.5. The monoisotopic (exact) mass is 679 g/mol. The van der Waals surface area contributed by atoms with Gasteiger partial charge in [0.25, 0.3) is 0 Å². The Morgan fingerprint density at radius 1 is 1.00 bits per heavy atom. The van der Waals surface area contributed by atoms with Crippen molar-refractivity contribution < 1.29 is 39.2 Å². The van der Waals surface area contributed by atoms with Gasteiger partial charge in [-0.05, 0) is 76.2 Å². The topological polar surface area (TPSA) is 134 Å². The lowest BCUT2D eigenvalue weighted by Crippen LogP contribution is -2.74. The number of piperidine rings is 1. The van der Waals surface area contributed by atoms with E-state index in [4.69, 9.17) is 9.47 Å². The Kier molecular flexibility index (Phi) is 12.6. The Balaban J connectivity index is 1.10. The highest BCUT2D eigenvalue weighted by molar-refractivity contribution is 5.87. The number of nitrogens with zero attached hydrogens (tertiary/aromatic N) is 1. The number of phenolic OH excluding ortho intramolecular Hbond substituents is 1. The summed E-state index contributed by atoms with van der Waals surface area (Å²) in [6.07, 6.45) is 21.5. The number of carbonyl (C=O) groups excluding carboxylic acids is 2. The largest absolute Gasteiger partial charge is 0.504 e. The number of aliphatic hydroxyl groups is 1. The van der Waals surface area contributed by atoms with Crippen LogP contribution in [-0.4, -0.2) is 69.3 Å². The summed E-state index contributed by atoms with van der Waals surface area (Å²) in [4.78, 5) is 40.3. The number of ketones is 1. The lowest BCUT2D eigenvalue weighted by Gasteiger charge is -2.61. The number of benzene rings is 1. The van der Waals surface area contributed by atoms with Crippen LogP contribution < -0.4 is 4.74 Å². The molecule has 5 rings (SSSR count).